The second kappa shape index (κ2) is 9.68. The Kier molecular flexibility index (Phi) is 7.57. The number of rotatable bonds is 8. The summed E-state index contributed by atoms with van der Waals surface area (Å²) in [6.07, 6.45) is 1.64. The van der Waals surface area contributed by atoms with Crippen molar-refractivity contribution in [2.75, 3.05) is 26.4 Å². The normalized spacial score (nSPS) is 16.1. The maximum absolute atomic E-state index is 12.3. The Morgan fingerprint density at radius 3 is 2.21 bits per heavy atom. The maximum atomic E-state index is 12.3. The molecule has 0 bridgehead atoms. The molecule has 0 radical (unpaired) electrons. The lowest BCUT2D eigenvalue weighted by atomic mass is 9.86. The summed E-state index contributed by atoms with van der Waals surface area (Å²) in [4.78, 5) is 35.9. The molecule has 7 heteroatoms. The topological polar surface area (TPSA) is 88.1 Å². The highest BCUT2D eigenvalue weighted by atomic mass is 16.6. The predicted molar refractivity (Wildman–Crippen MR) is 100 cm³/mol. The highest BCUT2D eigenvalue weighted by Gasteiger charge is 2.38. The van der Waals surface area contributed by atoms with Crippen molar-refractivity contribution in [3.05, 3.63) is 35.9 Å². The van der Waals surface area contributed by atoms with Gasteiger partial charge in [-0.3, -0.25) is 4.79 Å². The summed E-state index contributed by atoms with van der Waals surface area (Å²) in [7, 11) is 0. The third kappa shape index (κ3) is 5.79. The van der Waals surface area contributed by atoms with E-state index in [1.165, 1.54) is 0 Å². The molecule has 0 saturated carbocycles. The van der Waals surface area contributed by atoms with Crippen molar-refractivity contribution in [3.8, 4) is 0 Å². The Labute approximate surface area is 165 Å². The van der Waals surface area contributed by atoms with E-state index in [0.29, 0.717) is 32.5 Å². The van der Waals surface area contributed by atoms with Crippen LogP contribution in [0, 0.1) is 5.41 Å². The number of carbonyl (C=O) groups excluding carboxylic acids is 3. The average Bonchev–Trinajstić information content (AvgIpc) is 2.71. The molecule has 154 valence electrons. The zero-order valence-corrected chi connectivity index (χ0v) is 16.7. The van der Waals surface area contributed by atoms with E-state index < -0.39 is 42.1 Å². The van der Waals surface area contributed by atoms with E-state index in [1.54, 1.807) is 13.8 Å². The van der Waals surface area contributed by atoms with E-state index in [0.717, 1.165) is 5.56 Å². The minimum absolute atomic E-state index is 0.477. The largest absolute Gasteiger partial charge is 0.453 e. The molecule has 1 heterocycles. The van der Waals surface area contributed by atoms with E-state index in [4.69, 9.17) is 18.9 Å². The van der Waals surface area contributed by atoms with Crippen LogP contribution in [0.1, 0.15) is 45.6 Å². The second-order valence-corrected chi connectivity index (χ2v) is 7.42. The summed E-state index contributed by atoms with van der Waals surface area (Å²) < 4.78 is 21.0. The van der Waals surface area contributed by atoms with Gasteiger partial charge in [-0.05, 0) is 25.8 Å². The predicted octanol–water partition coefficient (Wildman–Crippen LogP) is 2.76. The Morgan fingerprint density at radius 1 is 1.00 bits per heavy atom. The Hall–Kier alpha value is -2.41. The van der Waals surface area contributed by atoms with Gasteiger partial charge in [-0.25, -0.2) is 9.59 Å². The molecule has 0 N–H and O–H groups in total. The first kappa shape index (κ1) is 21.9. The number of ether oxygens (including phenoxy) is 4. The molecule has 1 aromatic carbocycles. The lowest BCUT2D eigenvalue weighted by molar-refractivity contribution is -0.181. The molecule has 2 rings (SSSR count). The monoisotopic (exact) mass is 392 g/mol. The van der Waals surface area contributed by atoms with Crippen LogP contribution in [0.15, 0.2) is 30.3 Å². The molecule has 1 aromatic rings. The summed E-state index contributed by atoms with van der Waals surface area (Å²) in [5.41, 5.74) is -0.584. The van der Waals surface area contributed by atoms with Gasteiger partial charge in [-0.15, -0.1) is 0 Å². The van der Waals surface area contributed by atoms with Gasteiger partial charge in [-0.2, -0.15) is 0 Å². The lowest BCUT2D eigenvalue weighted by Gasteiger charge is -2.37. The second-order valence-electron chi connectivity index (χ2n) is 7.42. The molecular formula is C21H28O7. The van der Waals surface area contributed by atoms with Crippen LogP contribution in [0.2, 0.25) is 0 Å². The minimum atomic E-state index is -0.794. The molecule has 0 amide bonds. The summed E-state index contributed by atoms with van der Waals surface area (Å²) in [5, 5.41) is 0. The maximum Gasteiger partial charge on any atom is 0.345 e. The molecule has 0 aliphatic carbocycles. The van der Waals surface area contributed by atoms with Crippen molar-refractivity contribution in [2.24, 2.45) is 5.41 Å². The standard InChI is InChI=1S/C21H28O7/c1-4-20(2,3)19(24)27-14-17(22)26-15-18(23)28-21(10-12-25-13-11-21)16-8-6-5-7-9-16/h5-9H,4,10-15H2,1-3H3. The lowest BCUT2D eigenvalue weighted by Crippen LogP contribution is -2.39. The Morgan fingerprint density at radius 2 is 1.61 bits per heavy atom. The van der Waals surface area contributed by atoms with E-state index in [-0.39, 0.29) is 0 Å². The highest BCUT2D eigenvalue weighted by Crippen LogP contribution is 2.36. The third-order valence-electron chi connectivity index (χ3n) is 5.02. The van der Waals surface area contributed by atoms with Gasteiger partial charge in [0.25, 0.3) is 0 Å². The van der Waals surface area contributed by atoms with Crippen LogP contribution < -0.4 is 0 Å². The van der Waals surface area contributed by atoms with Gasteiger partial charge >= 0.3 is 17.9 Å². The first-order chi connectivity index (χ1) is 13.3. The minimum Gasteiger partial charge on any atom is -0.453 e. The smallest absolute Gasteiger partial charge is 0.345 e. The van der Waals surface area contributed by atoms with E-state index in [2.05, 4.69) is 0 Å². The summed E-state index contributed by atoms with van der Waals surface area (Å²) in [6, 6.07) is 9.46. The van der Waals surface area contributed by atoms with Crippen LogP contribution in [0.25, 0.3) is 0 Å². The van der Waals surface area contributed by atoms with Crippen LogP contribution in [0.3, 0.4) is 0 Å². The van der Waals surface area contributed by atoms with Crippen molar-refractivity contribution in [1.29, 1.82) is 0 Å². The molecule has 1 aliphatic heterocycles. The van der Waals surface area contributed by atoms with Crippen molar-refractivity contribution in [3.63, 3.8) is 0 Å². The fourth-order valence-corrected chi connectivity index (χ4v) is 2.79. The zero-order valence-electron chi connectivity index (χ0n) is 16.7. The van der Waals surface area contributed by atoms with Crippen LogP contribution in [-0.4, -0.2) is 44.3 Å². The van der Waals surface area contributed by atoms with Crippen molar-refractivity contribution < 1.29 is 33.3 Å². The molecule has 1 saturated heterocycles. The summed E-state index contributed by atoms with van der Waals surface area (Å²) in [5.74, 6) is -1.93. The average molecular weight is 392 g/mol. The van der Waals surface area contributed by atoms with Crippen LogP contribution in [0.4, 0.5) is 0 Å². The molecule has 0 aromatic heterocycles. The first-order valence-corrected chi connectivity index (χ1v) is 9.47. The van der Waals surface area contributed by atoms with Gasteiger partial charge in [0.05, 0.1) is 18.6 Å². The molecule has 7 nitrogen and oxygen atoms in total. The van der Waals surface area contributed by atoms with Gasteiger partial charge < -0.3 is 18.9 Å². The van der Waals surface area contributed by atoms with Crippen LogP contribution in [0.5, 0.6) is 0 Å². The Bertz CT molecular complexity index is 675. The summed E-state index contributed by atoms with van der Waals surface area (Å²) >= 11 is 0. The fraction of sp³-hybridized carbons (Fsp3) is 0.571. The number of benzene rings is 1. The van der Waals surface area contributed by atoms with E-state index >= 15 is 0 Å². The third-order valence-corrected chi connectivity index (χ3v) is 5.02. The molecule has 28 heavy (non-hydrogen) atoms. The van der Waals surface area contributed by atoms with Gasteiger partial charge in [0, 0.05) is 12.8 Å². The van der Waals surface area contributed by atoms with Crippen molar-refractivity contribution in [2.45, 2.75) is 45.6 Å². The fourth-order valence-electron chi connectivity index (χ4n) is 2.79. The highest BCUT2D eigenvalue weighted by molar-refractivity contribution is 5.81. The quantitative estimate of drug-likeness (QED) is 0.496. The number of esters is 3. The van der Waals surface area contributed by atoms with Crippen molar-refractivity contribution in [1.82, 2.24) is 0 Å². The number of carbonyl (C=O) groups is 3. The van der Waals surface area contributed by atoms with Gasteiger partial charge in [0.2, 0.25) is 0 Å². The van der Waals surface area contributed by atoms with Crippen LogP contribution in [-0.2, 0) is 38.9 Å². The molecular weight excluding hydrogens is 364 g/mol. The number of hydrogen-bond acceptors (Lipinski definition) is 7. The number of hydrogen-bond donors (Lipinski definition) is 0. The molecule has 0 spiro atoms. The summed E-state index contributed by atoms with van der Waals surface area (Å²) in [6.45, 7) is 5.20. The van der Waals surface area contributed by atoms with E-state index in [1.807, 2.05) is 37.3 Å². The SMILES string of the molecule is CCC(C)(C)C(=O)OCC(=O)OCC(=O)OC1(c2ccccc2)CCOCC1. The Balaban J connectivity index is 1.86. The molecule has 1 fully saturated rings. The molecule has 0 atom stereocenters. The van der Waals surface area contributed by atoms with Gasteiger partial charge in [0.1, 0.15) is 5.60 Å². The first-order valence-electron chi connectivity index (χ1n) is 9.47. The zero-order chi connectivity index (χ0) is 20.6. The van der Waals surface area contributed by atoms with E-state index in [9.17, 15) is 14.4 Å². The van der Waals surface area contributed by atoms with Crippen molar-refractivity contribution >= 4 is 17.9 Å². The van der Waals surface area contributed by atoms with Gasteiger partial charge in [-0.1, -0.05) is 37.3 Å². The molecule has 1 aliphatic rings. The molecule has 0 unspecified atom stereocenters. The van der Waals surface area contributed by atoms with Gasteiger partial charge in [0.15, 0.2) is 13.2 Å². The van der Waals surface area contributed by atoms with Crippen LogP contribution >= 0.6 is 0 Å².